The number of aromatic nitrogens is 2. The summed E-state index contributed by atoms with van der Waals surface area (Å²) in [6, 6.07) is 1.69. The van der Waals surface area contributed by atoms with Crippen LogP contribution in [0.5, 0.6) is 0 Å². The third-order valence-electron chi connectivity index (χ3n) is 2.84. The highest BCUT2D eigenvalue weighted by atomic mass is 16.5. The molecule has 0 radical (unpaired) electrons. The summed E-state index contributed by atoms with van der Waals surface area (Å²) in [6.45, 7) is 6.89. The third-order valence-corrected chi connectivity index (χ3v) is 2.84. The molecule has 6 nitrogen and oxygen atoms in total. The molecule has 2 aromatic heterocycles. The molecule has 2 heterocycles. The van der Waals surface area contributed by atoms with Gasteiger partial charge in [-0.3, -0.25) is 4.79 Å². The van der Waals surface area contributed by atoms with Crippen LogP contribution in [-0.4, -0.2) is 33.3 Å². The normalized spacial score (nSPS) is 11.8. The topological polar surface area (TPSA) is 88.2 Å². The van der Waals surface area contributed by atoms with E-state index in [1.807, 2.05) is 0 Å². The van der Waals surface area contributed by atoms with Gasteiger partial charge in [0.2, 0.25) is 0 Å². The first-order valence-corrected chi connectivity index (χ1v) is 6.01. The van der Waals surface area contributed by atoms with Crippen LogP contribution in [0.1, 0.15) is 35.6 Å². The standard InChI is InChI=1S/C13H17N3O3/c1-7-5-9(11(18)15-13(3,4)6-17)10-8(2)16-19-12(10)14-7/h5,17H,6H2,1-4H3,(H,15,18). The molecule has 0 fully saturated rings. The van der Waals surface area contributed by atoms with E-state index in [1.165, 1.54) is 0 Å². The second-order valence-electron chi connectivity index (χ2n) is 5.26. The first-order chi connectivity index (χ1) is 8.84. The Morgan fingerprint density at radius 3 is 2.79 bits per heavy atom. The number of carbonyl (C=O) groups excluding carboxylic acids is 1. The second-order valence-corrected chi connectivity index (χ2v) is 5.26. The van der Waals surface area contributed by atoms with Crippen LogP contribution in [0.4, 0.5) is 0 Å². The van der Waals surface area contributed by atoms with Crippen LogP contribution in [0.2, 0.25) is 0 Å². The van der Waals surface area contributed by atoms with Crippen molar-refractivity contribution < 1.29 is 14.4 Å². The van der Waals surface area contributed by atoms with E-state index in [-0.39, 0.29) is 12.5 Å². The van der Waals surface area contributed by atoms with E-state index >= 15 is 0 Å². The molecule has 0 aliphatic heterocycles. The zero-order valence-electron chi connectivity index (χ0n) is 11.4. The Kier molecular flexibility index (Phi) is 3.28. The number of hydrogen-bond donors (Lipinski definition) is 2. The molecule has 0 saturated heterocycles. The van der Waals surface area contributed by atoms with Crippen molar-refractivity contribution in [1.29, 1.82) is 0 Å². The third kappa shape index (κ3) is 2.58. The maximum Gasteiger partial charge on any atom is 0.258 e. The van der Waals surface area contributed by atoms with E-state index in [2.05, 4.69) is 15.5 Å². The zero-order valence-corrected chi connectivity index (χ0v) is 11.4. The summed E-state index contributed by atoms with van der Waals surface area (Å²) >= 11 is 0. The van der Waals surface area contributed by atoms with E-state index in [9.17, 15) is 9.90 Å². The summed E-state index contributed by atoms with van der Waals surface area (Å²) in [5.74, 6) is -0.277. The molecular formula is C13H17N3O3. The monoisotopic (exact) mass is 263 g/mol. The van der Waals surface area contributed by atoms with Crippen LogP contribution in [0.25, 0.3) is 11.1 Å². The SMILES string of the molecule is Cc1cc(C(=O)NC(C)(C)CO)c2c(C)noc2n1. The number of amides is 1. The minimum Gasteiger partial charge on any atom is -0.394 e. The molecule has 19 heavy (non-hydrogen) atoms. The van der Waals surface area contributed by atoms with Gasteiger partial charge in [0.1, 0.15) is 0 Å². The maximum atomic E-state index is 12.3. The summed E-state index contributed by atoms with van der Waals surface area (Å²) < 4.78 is 5.09. The summed E-state index contributed by atoms with van der Waals surface area (Å²) in [7, 11) is 0. The molecule has 0 bridgehead atoms. The Bertz CT molecular complexity index is 631. The molecule has 2 aromatic rings. The van der Waals surface area contributed by atoms with Crippen molar-refractivity contribution in [3.05, 3.63) is 23.0 Å². The first-order valence-electron chi connectivity index (χ1n) is 6.01. The van der Waals surface area contributed by atoms with E-state index in [1.54, 1.807) is 33.8 Å². The molecule has 1 amide bonds. The second kappa shape index (κ2) is 4.62. The average molecular weight is 263 g/mol. The zero-order chi connectivity index (χ0) is 14.2. The largest absolute Gasteiger partial charge is 0.394 e. The van der Waals surface area contributed by atoms with Crippen LogP contribution >= 0.6 is 0 Å². The molecule has 0 saturated carbocycles. The van der Waals surface area contributed by atoms with Gasteiger partial charge in [-0.15, -0.1) is 0 Å². The predicted octanol–water partition coefficient (Wildman–Crippen LogP) is 1.34. The number of aliphatic hydroxyl groups is 1. The molecule has 0 spiro atoms. The van der Waals surface area contributed by atoms with Gasteiger partial charge in [-0.25, -0.2) is 4.98 Å². The molecule has 0 aliphatic carbocycles. The minimum absolute atomic E-state index is 0.144. The van der Waals surface area contributed by atoms with Crippen molar-refractivity contribution >= 4 is 17.0 Å². The molecule has 0 unspecified atom stereocenters. The lowest BCUT2D eigenvalue weighted by molar-refractivity contribution is 0.0871. The number of nitrogens with zero attached hydrogens (tertiary/aromatic N) is 2. The molecule has 0 aliphatic rings. The Balaban J connectivity index is 2.49. The Labute approximate surface area is 110 Å². The Morgan fingerprint density at radius 1 is 1.47 bits per heavy atom. The van der Waals surface area contributed by atoms with Gasteiger partial charge in [-0.1, -0.05) is 5.16 Å². The van der Waals surface area contributed by atoms with Crippen molar-refractivity contribution in [3.8, 4) is 0 Å². The minimum atomic E-state index is -0.689. The van der Waals surface area contributed by atoms with Gasteiger partial charge in [0.25, 0.3) is 11.6 Å². The highest BCUT2D eigenvalue weighted by Gasteiger charge is 2.23. The molecule has 6 heteroatoms. The van der Waals surface area contributed by atoms with E-state index in [0.717, 1.165) is 0 Å². The van der Waals surface area contributed by atoms with E-state index < -0.39 is 5.54 Å². The van der Waals surface area contributed by atoms with Gasteiger partial charge in [0, 0.05) is 5.69 Å². The smallest absolute Gasteiger partial charge is 0.258 e. The fourth-order valence-corrected chi connectivity index (χ4v) is 1.81. The number of fused-ring (bicyclic) bond motifs is 1. The van der Waals surface area contributed by atoms with Crippen molar-refractivity contribution in [2.75, 3.05) is 6.61 Å². The number of hydrogen-bond acceptors (Lipinski definition) is 5. The molecule has 2 rings (SSSR count). The lowest BCUT2D eigenvalue weighted by Crippen LogP contribution is -2.46. The molecule has 2 N–H and O–H groups in total. The number of carbonyl (C=O) groups is 1. The fourth-order valence-electron chi connectivity index (χ4n) is 1.81. The molecule has 102 valence electrons. The molecule has 0 atom stereocenters. The lowest BCUT2D eigenvalue weighted by atomic mass is 10.0. The maximum absolute atomic E-state index is 12.3. The van der Waals surface area contributed by atoms with Crippen LogP contribution in [0.15, 0.2) is 10.6 Å². The quantitative estimate of drug-likeness (QED) is 0.872. The first kappa shape index (κ1) is 13.5. The average Bonchev–Trinajstić information content (AvgIpc) is 2.69. The number of nitrogens with one attached hydrogen (secondary N) is 1. The van der Waals surface area contributed by atoms with Crippen molar-refractivity contribution in [1.82, 2.24) is 15.5 Å². The van der Waals surface area contributed by atoms with E-state index in [0.29, 0.717) is 28.1 Å². The van der Waals surface area contributed by atoms with Gasteiger partial charge >= 0.3 is 0 Å². The van der Waals surface area contributed by atoms with Gasteiger partial charge in [0.15, 0.2) is 0 Å². The van der Waals surface area contributed by atoms with Crippen molar-refractivity contribution in [2.45, 2.75) is 33.2 Å². The predicted molar refractivity (Wildman–Crippen MR) is 69.9 cm³/mol. The number of aryl methyl sites for hydroxylation is 2. The summed E-state index contributed by atoms with van der Waals surface area (Å²) in [5, 5.41) is 16.4. The molecular weight excluding hydrogens is 246 g/mol. The van der Waals surface area contributed by atoms with Crippen LogP contribution < -0.4 is 5.32 Å². The Morgan fingerprint density at radius 2 is 2.16 bits per heavy atom. The summed E-state index contributed by atoms with van der Waals surface area (Å²) in [5.41, 5.74) is 1.42. The Hall–Kier alpha value is -1.95. The number of aliphatic hydroxyl groups excluding tert-OH is 1. The van der Waals surface area contributed by atoms with Crippen molar-refractivity contribution in [3.63, 3.8) is 0 Å². The van der Waals surface area contributed by atoms with Crippen LogP contribution in [-0.2, 0) is 0 Å². The number of rotatable bonds is 3. The highest BCUT2D eigenvalue weighted by molar-refractivity contribution is 6.06. The molecule has 0 aromatic carbocycles. The highest BCUT2D eigenvalue weighted by Crippen LogP contribution is 2.22. The van der Waals surface area contributed by atoms with Crippen molar-refractivity contribution in [2.24, 2.45) is 0 Å². The number of pyridine rings is 1. The lowest BCUT2D eigenvalue weighted by Gasteiger charge is -2.23. The summed E-state index contributed by atoms with van der Waals surface area (Å²) in [4.78, 5) is 16.5. The van der Waals surface area contributed by atoms with Crippen LogP contribution in [0.3, 0.4) is 0 Å². The fraction of sp³-hybridized carbons (Fsp3) is 0.462. The van der Waals surface area contributed by atoms with Gasteiger partial charge in [0.05, 0.1) is 28.8 Å². The van der Waals surface area contributed by atoms with Gasteiger partial charge < -0.3 is 14.9 Å². The van der Waals surface area contributed by atoms with Gasteiger partial charge in [-0.05, 0) is 33.8 Å². The summed E-state index contributed by atoms with van der Waals surface area (Å²) in [6.07, 6.45) is 0. The van der Waals surface area contributed by atoms with Gasteiger partial charge in [-0.2, -0.15) is 0 Å². The van der Waals surface area contributed by atoms with Crippen LogP contribution in [0, 0.1) is 13.8 Å². The van der Waals surface area contributed by atoms with E-state index in [4.69, 9.17) is 4.52 Å².